The van der Waals surface area contributed by atoms with E-state index in [1.54, 1.807) is 0 Å². The van der Waals surface area contributed by atoms with Gasteiger partial charge in [-0.25, -0.2) is 0 Å². The predicted molar refractivity (Wildman–Crippen MR) is 101 cm³/mol. The molecule has 6 nitrogen and oxygen atoms in total. The third-order valence-electron chi connectivity index (χ3n) is 5.00. The predicted octanol–water partition coefficient (Wildman–Crippen LogP) is 2.29. The van der Waals surface area contributed by atoms with Crippen LogP contribution in [-0.4, -0.2) is 76.7 Å². The molecule has 146 valence electrons. The Morgan fingerprint density at radius 3 is 2.48 bits per heavy atom. The number of hydrogen-bond donors (Lipinski definition) is 1. The van der Waals surface area contributed by atoms with Gasteiger partial charge in [0.05, 0.1) is 6.10 Å². The summed E-state index contributed by atoms with van der Waals surface area (Å²) in [6, 6.07) is 0. The standard InChI is InChI=1S/C19H37N3O3/c1-3-20-19(22(2)11-5-17-6-13-23-14-7-17)21-10-4-12-25-18-8-15-24-16-9-18/h17-18H,3-16H2,1-2H3,(H,20,21). The summed E-state index contributed by atoms with van der Waals surface area (Å²) in [6.07, 6.45) is 7.03. The summed E-state index contributed by atoms with van der Waals surface area (Å²) in [5, 5.41) is 3.40. The number of ether oxygens (including phenoxy) is 3. The Bertz CT molecular complexity index is 367. The quantitative estimate of drug-likeness (QED) is 0.391. The first kappa shape index (κ1) is 20.5. The van der Waals surface area contributed by atoms with Gasteiger partial charge >= 0.3 is 0 Å². The van der Waals surface area contributed by atoms with Crippen LogP contribution in [0.3, 0.4) is 0 Å². The molecule has 0 atom stereocenters. The highest BCUT2D eigenvalue weighted by Gasteiger charge is 2.16. The third kappa shape index (κ3) is 8.38. The third-order valence-corrected chi connectivity index (χ3v) is 5.00. The average molecular weight is 356 g/mol. The fourth-order valence-electron chi connectivity index (χ4n) is 3.33. The molecule has 0 aliphatic carbocycles. The molecule has 0 saturated carbocycles. The lowest BCUT2D eigenvalue weighted by Crippen LogP contribution is -2.40. The highest BCUT2D eigenvalue weighted by Crippen LogP contribution is 2.18. The van der Waals surface area contributed by atoms with Crippen molar-refractivity contribution in [3.05, 3.63) is 0 Å². The van der Waals surface area contributed by atoms with Crippen LogP contribution in [0.5, 0.6) is 0 Å². The lowest BCUT2D eigenvalue weighted by Gasteiger charge is -2.27. The van der Waals surface area contributed by atoms with E-state index in [1.807, 2.05) is 0 Å². The number of nitrogens with one attached hydrogen (secondary N) is 1. The van der Waals surface area contributed by atoms with E-state index < -0.39 is 0 Å². The maximum atomic E-state index is 5.92. The first-order valence-corrected chi connectivity index (χ1v) is 10.1. The van der Waals surface area contributed by atoms with Crippen LogP contribution in [0.15, 0.2) is 4.99 Å². The topological polar surface area (TPSA) is 55.3 Å². The zero-order valence-corrected chi connectivity index (χ0v) is 16.2. The van der Waals surface area contributed by atoms with Gasteiger partial charge in [-0.1, -0.05) is 0 Å². The second-order valence-electron chi connectivity index (χ2n) is 7.04. The number of nitrogens with zero attached hydrogens (tertiary/aromatic N) is 2. The van der Waals surface area contributed by atoms with Gasteiger partial charge < -0.3 is 24.4 Å². The van der Waals surface area contributed by atoms with Gasteiger partial charge in [0, 0.05) is 59.7 Å². The lowest BCUT2D eigenvalue weighted by atomic mass is 9.96. The van der Waals surface area contributed by atoms with Gasteiger partial charge in [0.25, 0.3) is 0 Å². The summed E-state index contributed by atoms with van der Waals surface area (Å²) in [5.74, 6) is 1.81. The van der Waals surface area contributed by atoms with Crippen LogP contribution in [0, 0.1) is 5.92 Å². The van der Waals surface area contributed by atoms with Crippen LogP contribution in [0.2, 0.25) is 0 Å². The fraction of sp³-hybridized carbons (Fsp3) is 0.947. The van der Waals surface area contributed by atoms with E-state index in [4.69, 9.17) is 19.2 Å². The van der Waals surface area contributed by atoms with Crippen LogP contribution >= 0.6 is 0 Å². The minimum absolute atomic E-state index is 0.383. The number of hydrogen-bond acceptors (Lipinski definition) is 4. The van der Waals surface area contributed by atoms with Gasteiger partial charge in [0.15, 0.2) is 5.96 Å². The Balaban J connectivity index is 1.63. The summed E-state index contributed by atoms with van der Waals surface area (Å²) < 4.78 is 16.7. The molecular weight excluding hydrogens is 318 g/mol. The molecule has 0 amide bonds. The largest absolute Gasteiger partial charge is 0.381 e. The molecule has 2 aliphatic rings. The molecule has 1 N–H and O–H groups in total. The molecule has 0 unspecified atom stereocenters. The van der Waals surface area contributed by atoms with E-state index in [-0.39, 0.29) is 0 Å². The second-order valence-corrected chi connectivity index (χ2v) is 7.04. The van der Waals surface area contributed by atoms with Crippen LogP contribution < -0.4 is 5.32 Å². The highest BCUT2D eigenvalue weighted by atomic mass is 16.5. The summed E-state index contributed by atoms with van der Waals surface area (Å²) in [4.78, 5) is 7.02. The maximum absolute atomic E-state index is 5.92. The molecule has 0 aromatic carbocycles. The van der Waals surface area contributed by atoms with E-state index >= 15 is 0 Å². The van der Waals surface area contributed by atoms with E-state index in [9.17, 15) is 0 Å². The molecule has 6 heteroatoms. The minimum atomic E-state index is 0.383. The molecule has 2 aliphatic heterocycles. The van der Waals surface area contributed by atoms with Gasteiger partial charge in [-0.15, -0.1) is 0 Å². The smallest absolute Gasteiger partial charge is 0.193 e. The van der Waals surface area contributed by atoms with Gasteiger partial charge in [-0.3, -0.25) is 4.99 Å². The number of aliphatic imine (C=N–C) groups is 1. The molecule has 25 heavy (non-hydrogen) atoms. The average Bonchev–Trinajstić information content (AvgIpc) is 2.66. The van der Waals surface area contributed by atoms with Crippen molar-refractivity contribution in [3.63, 3.8) is 0 Å². The van der Waals surface area contributed by atoms with Crippen molar-refractivity contribution in [1.29, 1.82) is 0 Å². The molecule has 0 aromatic rings. The Morgan fingerprint density at radius 1 is 1.12 bits per heavy atom. The highest BCUT2D eigenvalue weighted by molar-refractivity contribution is 5.79. The monoisotopic (exact) mass is 355 g/mol. The normalized spacial score (nSPS) is 20.6. The number of rotatable bonds is 9. The molecule has 0 radical (unpaired) electrons. The first-order chi connectivity index (χ1) is 12.3. The summed E-state index contributed by atoms with van der Waals surface area (Å²) in [5.41, 5.74) is 0. The van der Waals surface area contributed by atoms with Crippen LogP contribution in [0.1, 0.15) is 45.4 Å². The van der Waals surface area contributed by atoms with Gasteiger partial charge in [0.1, 0.15) is 0 Å². The van der Waals surface area contributed by atoms with Crippen LogP contribution in [0.25, 0.3) is 0 Å². The van der Waals surface area contributed by atoms with Gasteiger partial charge in [-0.2, -0.15) is 0 Å². The molecule has 2 rings (SSSR count). The Morgan fingerprint density at radius 2 is 1.80 bits per heavy atom. The van der Waals surface area contributed by atoms with E-state index in [2.05, 4.69) is 24.2 Å². The van der Waals surface area contributed by atoms with Gasteiger partial charge in [0.2, 0.25) is 0 Å². The van der Waals surface area contributed by atoms with Crippen molar-refractivity contribution in [1.82, 2.24) is 10.2 Å². The van der Waals surface area contributed by atoms with Crippen molar-refractivity contribution in [3.8, 4) is 0 Å². The molecule has 2 heterocycles. The SMILES string of the molecule is CCNC(=NCCCOC1CCOCC1)N(C)CCC1CCOCC1. The van der Waals surface area contributed by atoms with E-state index in [0.29, 0.717) is 6.10 Å². The zero-order valence-electron chi connectivity index (χ0n) is 16.2. The summed E-state index contributed by atoms with van der Waals surface area (Å²) in [6.45, 7) is 9.21. The maximum Gasteiger partial charge on any atom is 0.193 e. The second kappa shape index (κ2) is 12.5. The molecule has 0 bridgehead atoms. The van der Waals surface area contributed by atoms with E-state index in [0.717, 1.165) is 83.8 Å². The van der Waals surface area contributed by atoms with Crippen LogP contribution in [-0.2, 0) is 14.2 Å². The Labute approximate surface area is 153 Å². The Hall–Kier alpha value is -0.850. The molecule has 2 fully saturated rings. The molecule has 0 spiro atoms. The van der Waals surface area contributed by atoms with Crippen molar-refractivity contribution in [2.75, 3.05) is 59.7 Å². The molecular formula is C19H37N3O3. The summed E-state index contributed by atoms with van der Waals surface area (Å²) >= 11 is 0. The summed E-state index contributed by atoms with van der Waals surface area (Å²) in [7, 11) is 2.14. The first-order valence-electron chi connectivity index (χ1n) is 10.1. The molecule has 0 aromatic heterocycles. The van der Waals surface area contributed by atoms with E-state index in [1.165, 1.54) is 19.3 Å². The molecule has 2 saturated heterocycles. The van der Waals surface area contributed by atoms with Crippen molar-refractivity contribution >= 4 is 5.96 Å². The van der Waals surface area contributed by atoms with Crippen LogP contribution in [0.4, 0.5) is 0 Å². The van der Waals surface area contributed by atoms with Crippen molar-refractivity contribution in [2.45, 2.75) is 51.6 Å². The number of guanidine groups is 1. The zero-order chi connectivity index (χ0) is 17.7. The lowest BCUT2D eigenvalue weighted by molar-refractivity contribution is -0.0318. The minimum Gasteiger partial charge on any atom is -0.381 e. The van der Waals surface area contributed by atoms with Crippen molar-refractivity contribution < 1.29 is 14.2 Å². The fourth-order valence-corrected chi connectivity index (χ4v) is 3.33. The van der Waals surface area contributed by atoms with Crippen molar-refractivity contribution in [2.24, 2.45) is 10.9 Å². The Kier molecular flexibility index (Phi) is 10.2. The van der Waals surface area contributed by atoms with Gasteiger partial charge in [-0.05, 0) is 51.4 Å².